The fourth-order valence-corrected chi connectivity index (χ4v) is 14.2. The number of nitrogens with zero attached hydrogens (tertiary/aromatic N) is 6. The van der Waals surface area contributed by atoms with E-state index in [1.807, 2.05) is 0 Å². The Kier molecular flexibility index (Phi) is 21.6. The molecular weight excluding hydrogens is 490 g/mol. The fraction of sp³-hybridized carbons (Fsp3) is 0.962. The molecule has 0 rings (SSSR count). The minimum absolute atomic E-state index is 0.500. The van der Waals surface area contributed by atoms with Crippen molar-refractivity contribution in [3.63, 3.8) is 0 Å². The van der Waals surface area contributed by atoms with Gasteiger partial charge in [-0.25, -0.2) is 0 Å². The largest absolute Gasteiger partial charge is 0.391 e. The third kappa shape index (κ3) is 16.4. The minimum atomic E-state index is -1.37. The van der Waals surface area contributed by atoms with Crippen LogP contribution in [0.1, 0.15) is 69.2 Å². The topological polar surface area (TPSA) is 59.9 Å². The summed E-state index contributed by atoms with van der Waals surface area (Å²) in [5, 5.41) is 18.5. The molecule has 0 unspecified atom stereocenters. The second-order valence-corrected chi connectivity index (χ2v) is 21.7. The summed E-state index contributed by atoms with van der Waals surface area (Å²) in [5.41, 5.74) is -0.340. The summed E-state index contributed by atoms with van der Waals surface area (Å²) in [6.07, 6.45) is 0. The van der Waals surface area contributed by atoms with Crippen LogP contribution in [0.25, 0.3) is 0 Å². The Morgan fingerprint density at radius 2 is 0.722 bits per heavy atom. The smallest absolute Gasteiger partial charge is 0.228 e. The highest BCUT2D eigenvalue weighted by atomic mass is 31.2. The van der Waals surface area contributed by atoms with Gasteiger partial charge in [0.05, 0.1) is 18.5 Å². The summed E-state index contributed by atoms with van der Waals surface area (Å²) in [4.78, 5) is 0. The van der Waals surface area contributed by atoms with Gasteiger partial charge in [0.25, 0.3) is 0 Å². The van der Waals surface area contributed by atoms with Gasteiger partial charge in [0.1, 0.15) is 5.66 Å². The van der Waals surface area contributed by atoms with E-state index in [0.717, 1.165) is 0 Å². The van der Waals surface area contributed by atoms with E-state index in [2.05, 4.69) is 140 Å². The normalized spacial score (nSPS) is 13.1. The third-order valence-corrected chi connectivity index (χ3v) is 14.2. The molecule has 0 aliphatic carbocycles. The molecule has 0 bridgehead atoms. The van der Waals surface area contributed by atoms with Gasteiger partial charge in [-0.2, -0.15) is 14.0 Å². The van der Waals surface area contributed by atoms with Gasteiger partial charge in [0.2, 0.25) is 7.71 Å². The van der Waals surface area contributed by atoms with Crippen LogP contribution in [0.15, 0.2) is 0 Å². The van der Waals surface area contributed by atoms with Crippen molar-refractivity contribution in [2.24, 2.45) is 0 Å². The highest BCUT2D eigenvalue weighted by molar-refractivity contribution is 7.69. The van der Waals surface area contributed by atoms with Gasteiger partial charge < -0.3 is 10.2 Å². The summed E-state index contributed by atoms with van der Waals surface area (Å²) >= 11 is 0. The molecule has 0 saturated heterocycles. The van der Waals surface area contributed by atoms with E-state index in [9.17, 15) is 0 Å². The summed E-state index contributed by atoms with van der Waals surface area (Å²) in [7, 11) is 23.3. The van der Waals surface area contributed by atoms with Crippen LogP contribution in [0, 0.1) is 0 Å². The Morgan fingerprint density at radius 1 is 0.556 bits per heavy atom. The van der Waals surface area contributed by atoms with Crippen LogP contribution in [0.5, 0.6) is 0 Å². The maximum absolute atomic E-state index is 8.52. The Hall–Kier alpha value is 0.410. The Morgan fingerprint density at radius 3 is 0.722 bits per heavy atom. The SMILES string of the molecule is CC(C)(C)O.CC(C)(C)O.CC(C)=P(N(C)C)(N(C)C)N(C)C.CC(C)[P+](N(C)C)(N(C)C)N(C)C. The van der Waals surface area contributed by atoms with Crippen molar-refractivity contribution in [3.8, 4) is 0 Å². The van der Waals surface area contributed by atoms with Gasteiger partial charge in [0, 0.05) is 42.3 Å². The molecule has 0 heterocycles. The average Bonchev–Trinajstić information content (AvgIpc) is 2.49. The maximum atomic E-state index is 8.52. The average molecular weight is 560 g/mol. The molecule has 0 fully saturated rings. The number of hydrogen-bond donors (Lipinski definition) is 2. The summed E-state index contributed by atoms with van der Waals surface area (Å²) in [6, 6.07) is 0. The molecule has 2 N–H and O–H groups in total. The molecule has 10 heteroatoms. The monoisotopic (exact) mass is 559 g/mol. The molecule has 0 aromatic carbocycles. The van der Waals surface area contributed by atoms with Crippen LogP contribution in [-0.2, 0) is 0 Å². The van der Waals surface area contributed by atoms with Crippen molar-refractivity contribution >= 4 is 20.3 Å². The number of aliphatic hydroxyl groups is 2. The first-order valence-corrected chi connectivity index (χ1v) is 16.0. The molecular formula is C26H69N6O2P2+. The van der Waals surface area contributed by atoms with Crippen LogP contribution in [-0.4, -0.2) is 145 Å². The molecule has 0 aromatic heterocycles. The Bertz CT molecular complexity index is 527. The van der Waals surface area contributed by atoms with E-state index >= 15 is 0 Å². The number of hydrogen-bond acceptors (Lipinski definition) is 8. The summed E-state index contributed by atoms with van der Waals surface area (Å²) in [5.74, 6) is 0. The van der Waals surface area contributed by atoms with Crippen molar-refractivity contribution in [1.29, 1.82) is 0 Å². The first-order valence-electron chi connectivity index (χ1n) is 12.7. The van der Waals surface area contributed by atoms with Crippen molar-refractivity contribution in [2.75, 3.05) is 84.6 Å². The molecule has 0 amide bonds. The van der Waals surface area contributed by atoms with Crippen LogP contribution < -0.4 is 0 Å². The lowest BCUT2D eigenvalue weighted by molar-refractivity contribution is 0.101. The van der Waals surface area contributed by atoms with E-state index < -0.39 is 26.3 Å². The van der Waals surface area contributed by atoms with Crippen molar-refractivity contribution in [1.82, 2.24) is 28.0 Å². The first kappa shape index (κ1) is 43.5. The molecule has 0 saturated carbocycles. The van der Waals surface area contributed by atoms with Crippen molar-refractivity contribution in [2.45, 2.75) is 86.1 Å². The van der Waals surface area contributed by atoms with E-state index in [0.29, 0.717) is 5.66 Å². The quantitative estimate of drug-likeness (QED) is 0.421. The van der Waals surface area contributed by atoms with Gasteiger partial charge >= 0.3 is 0 Å². The molecule has 224 valence electrons. The van der Waals surface area contributed by atoms with Gasteiger partial charge in [-0.1, -0.05) is 0 Å². The highest BCUT2D eigenvalue weighted by Gasteiger charge is 2.50. The van der Waals surface area contributed by atoms with Gasteiger partial charge in [0.15, 0.2) is 0 Å². The van der Waals surface area contributed by atoms with E-state index in [4.69, 9.17) is 10.2 Å². The lowest BCUT2D eigenvalue weighted by Gasteiger charge is -2.44. The van der Waals surface area contributed by atoms with Gasteiger partial charge in [-0.15, -0.1) is 0 Å². The molecule has 0 atom stereocenters. The second kappa shape index (κ2) is 17.9. The van der Waals surface area contributed by atoms with Crippen molar-refractivity contribution in [3.05, 3.63) is 0 Å². The van der Waals surface area contributed by atoms with Gasteiger partial charge in [-0.3, -0.25) is 14.0 Å². The lowest BCUT2D eigenvalue weighted by atomic mass is 10.2. The minimum Gasteiger partial charge on any atom is -0.391 e. The zero-order valence-electron chi connectivity index (χ0n) is 28.5. The molecule has 0 aliphatic rings. The zero-order chi connectivity index (χ0) is 30.6. The fourth-order valence-electron chi connectivity index (χ4n) is 4.73. The lowest BCUT2D eigenvalue weighted by Crippen LogP contribution is -2.40. The van der Waals surface area contributed by atoms with Crippen LogP contribution in [0.4, 0.5) is 0 Å². The predicted molar refractivity (Wildman–Crippen MR) is 171 cm³/mol. The molecule has 0 radical (unpaired) electrons. The first-order chi connectivity index (χ1) is 15.5. The molecule has 8 nitrogen and oxygen atoms in total. The Labute approximate surface area is 229 Å². The zero-order valence-corrected chi connectivity index (χ0v) is 30.3. The molecule has 36 heavy (non-hydrogen) atoms. The third-order valence-electron chi connectivity index (χ3n) is 4.73. The van der Waals surface area contributed by atoms with E-state index in [-0.39, 0.29) is 0 Å². The molecule has 0 aliphatic heterocycles. The summed E-state index contributed by atoms with van der Waals surface area (Å²) < 4.78 is 14.1. The van der Waals surface area contributed by atoms with Crippen LogP contribution in [0.2, 0.25) is 0 Å². The Balaban J connectivity index is -0.000000208. The standard InChI is InChI=1S/C9H25N3P.C9H24N3P.2C4H10O/c2*1-9(2)13(10(3)4,11(5)6)12(7)8;2*1-4(2,3)5/h9H,1-8H3;1-8H3;2*5H,1-3H3/q+1;;;. The van der Waals surface area contributed by atoms with Crippen LogP contribution in [0.3, 0.4) is 0 Å². The van der Waals surface area contributed by atoms with Gasteiger partial charge in [-0.05, 0) is 117 Å². The summed E-state index contributed by atoms with van der Waals surface area (Å²) in [6.45, 7) is 19.5. The van der Waals surface area contributed by atoms with E-state index in [1.54, 1.807) is 41.5 Å². The maximum Gasteiger partial charge on any atom is 0.228 e. The van der Waals surface area contributed by atoms with Crippen LogP contribution >= 0.6 is 15.1 Å². The van der Waals surface area contributed by atoms with Crippen molar-refractivity contribution < 1.29 is 10.2 Å². The molecule has 0 aromatic rings. The number of rotatable bonds is 7. The molecule has 0 spiro atoms. The highest BCUT2D eigenvalue weighted by Crippen LogP contribution is 2.67. The second-order valence-electron chi connectivity index (χ2n) is 12.6. The van der Waals surface area contributed by atoms with E-state index in [1.165, 1.54) is 5.29 Å². The predicted octanol–water partition coefficient (Wildman–Crippen LogP) is 5.04.